The topological polar surface area (TPSA) is 82.6 Å². The molecule has 0 atom stereocenters. The number of aryl methyl sites for hydroxylation is 1. The van der Waals surface area contributed by atoms with Gasteiger partial charge in [0.2, 0.25) is 5.75 Å². The van der Waals surface area contributed by atoms with Gasteiger partial charge in [0.1, 0.15) is 11.3 Å². The van der Waals surface area contributed by atoms with E-state index in [2.05, 4.69) is 6.92 Å². The van der Waals surface area contributed by atoms with Gasteiger partial charge in [-0.2, -0.15) is 13.2 Å². The van der Waals surface area contributed by atoms with Gasteiger partial charge >= 0.3 is 17.5 Å². The molecule has 0 bridgehead atoms. The van der Waals surface area contributed by atoms with Crippen molar-refractivity contribution in [2.75, 3.05) is 0 Å². The number of rotatable bonds is 9. The van der Waals surface area contributed by atoms with Crippen LogP contribution in [-0.2, 0) is 12.6 Å². The highest BCUT2D eigenvalue weighted by atomic mass is 19.4. The Morgan fingerprint density at radius 2 is 1.70 bits per heavy atom. The molecule has 0 aliphatic heterocycles. The first kappa shape index (κ1) is 25.9. The van der Waals surface area contributed by atoms with Crippen LogP contribution in [0.5, 0.6) is 11.5 Å². The lowest BCUT2D eigenvalue weighted by Gasteiger charge is -2.15. The summed E-state index contributed by atoms with van der Waals surface area (Å²) in [6.07, 6.45) is -0.368. The lowest BCUT2D eigenvalue weighted by molar-refractivity contribution is -0.385. The summed E-state index contributed by atoms with van der Waals surface area (Å²) in [5.41, 5.74) is -0.182. The molecule has 0 radical (unpaired) electrons. The molecule has 4 aromatic rings. The largest absolute Gasteiger partial charge is 0.450 e. The average Bonchev–Trinajstić information content (AvgIpc) is 2.86. The van der Waals surface area contributed by atoms with E-state index < -0.39 is 28.0 Å². The Morgan fingerprint density at radius 3 is 2.38 bits per heavy atom. The van der Waals surface area contributed by atoms with Crippen molar-refractivity contribution < 1.29 is 27.2 Å². The van der Waals surface area contributed by atoms with Crippen LogP contribution in [0.15, 0.2) is 75.9 Å². The first-order valence-electron chi connectivity index (χ1n) is 11.9. The fourth-order valence-corrected chi connectivity index (χ4v) is 4.16. The summed E-state index contributed by atoms with van der Waals surface area (Å²) in [7, 11) is 0. The second-order valence-corrected chi connectivity index (χ2v) is 8.65. The van der Waals surface area contributed by atoms with Crippen LogP contribution in [0.3, 0.4) is 0 Å². The highest BCUT2D eigenvalue weighted by Crippen LogP contribution is 2.40. The Labute approximate surface area is 210 Å². The summed E-state index contributed by atoms with van der Waals surface area (Å²) < 4.78 is 50.7. The molecule has 37 heavy (non-hydrogen) atoms. The van der Waals surface area contributed by atoms with Crippen LogP contribution in [0.4, 0.5) is 18.9 Å². The highest BCUT2D eigenvalue weighted by molar-refractivity contribution is 5.94. The fraction of sp³-hybridized carbons (Fsp3) is 0.250. The van der Waals surface area contributed by atoms with E-state index in [0.717, 1.165) is 43.4 Å². The Morgan fingerprint density at radius 1 is 0.946 bits per heavy atom. The van der Waals surface area contributed by atoms with E-state index in [1.165, 1.54) is 12.1 Å². The molecular formula is C28H24F3NO5. The van der Waals surface area contributed by atoms with Gasteiger partial charge in [0.15, 0.2) is 0 Å². The Hall–Kier alpha value is -4.14. The third-order valence-electron chi connectivity index (χ3n) is 6.01. The highest BCUT2D eigenvalue weighted by Gasteiger charge is 2.33. The van der Waals surface area contributed by atoms with Crippen LogP contribution in [0.1, 0.15) is 43.7 Å². The van der Waals surface area contributed by atoms with Crippen molar-refractivity contribution in [3.8, 4) is 22.6 Å². The molecule has 0 aliphatic carbocycles. The summed E-state index contributed by atoms with van der Waals surface area (Å²) in [6.45, 7) is 2.09. The summed E-state index contributed by atoms with van der Waals surface area (Å²) in [5, 5.41) is 12.2. The molecule has 0 saturated carbocycles. The molecule has 0 spiro atoms. The van der Waals surface area contributed by atoms with Crippen LogP contribution in [0.25, 0.3) is 22.1 Å². The predicted octanol–water partition coefficient (Wildman–Crippen LogP) is 8.30. The summed E-state index contributed by atoms with van der Waals surface area (Å²) >= 11 is 0. The molecule has 0 amide bonds. The quantitative estimate of drug-likeness (QED) is 0.0977. The molecule has 0 aliphatic rings. The van der Waals surface area contributed by atoms with Crippen LogP contribution < -0.4 is 10.4 Å². The summed E-state index contributed by atoms with van der Waals surface area (Å²) in [6, 6.07) is 16.1. The van der Waals surface area contributed by atoms with Gasteiger partial charge in [-0.1, -0.05) is 56.5 Å². The standard InChI is InChI=1S/C28H24F3NO5/c1-2-3-4-6-11-19-14-22-21(18-9-7-5-8-10-18)16-27(33)37-26(22)17-25(19)36-24-13-12-20(28(29,30)31)15-23(24)32(34)35/h5,7-10,12-17H,2-4,6,11H2,1H3. The van der Waals surface area contributed by atoms with Gasteiger partial charge in [-0.3, -0.25) is 10.1 Å². The molecule has 4 rings (SSSR count). The van der Waals surface area contributed by atoms with E-state index in [1.54, 1.807) is 0 Å². The van der Waals surface area contributed by atoms with Crippen molar-refractivity contribution in [1.82, 2.24) is 0 Å². The minimum atomic E-state index is -4.74. The van der Waals surface area contributed by atoms with E-state index in [9.17, 15) is 28.1 Å². The Kier molecular flexibility index (Phi) is 7.61. The summed E-state index contributed by atoms with van der Waals surface area (Å²) in [4.78, 5) is 23.0. The number of hydrogen-bond acceptors (Lipinski definition) is 5. The third kappa shape index (κ3) is 5.99. The van der Waals surface area contributed by atoms with Gasteiger partial charge in [0.05, 0.1) is 10.5 Å². The zero-order valence-electron chi connectivity index (χ0n) is 20.0. The van der Waals surface area contributed by atoms with Crippen LogP contribution in [0, 0.1) is 10.1 Å². The molecule has 0 N–H and O–H groups in total. The Balaban J connectivity index is 1.85. The molecule has 1 heterocycles. The smallest absolute Gasteiger partial charge is 0.416 e. The maximum Gasteiger partial charge on any atom is 0.416 e. The third-order valence-corrected chi connectivity index (χ3v) is 6.01. The van der Waals surface area contributed by atoms with E-state index in [1.807, 2.05) is 36.4 Å². The molecule has 0 saturated heterocycles. The van der Waals surface area contributed by atoms with Gasteiger partial charge in [-0.15, -0.1) is 0 Å². The molecule has 9 heteroatoms. The zero-order valence-corrected chi connectivity index (χ0v) is 20.0. The molecule has 0 unspecified atom stereocenters. The van der Waals surface area contributed by atoms with Gasteiger partial charge in [-0.25, -0.2) is 4.79 Å². The van der Waals surface area contributed by atoms with Crippen LogP contribution in [-0.4, -0.2) is 4.92 Å². The minimum Gasteiger partial charge on any atom is -0.450 e. The normalized spacial score (nSPS) is 11.6. The SMILES string of the molecule is CCCCCCc1cc2c(-c3ccccc3)cc(=O)oc2cc1Oc1ccc(C(F)(F)F)cc1[N+](=O)[O-]. The van der Waals surface area contributed by atoms with Gasteiger partial charge in [0, 0.05) is 23.6 Å². The van der Waals surface area contributed by atoms with Crippen molar-refractivity contribution in [3.05, 3.63) is 98.4 Å². The summed E-state index contributed by atoms with van der Waals surface area (Å²) in [5.74, 6) is -0.158. The van der Waals surface area contributed by atoms with E-state index >= 15 is 0 Å². The lowest BCUT2D eigenvalue weighted by Crippen LogP contribution is -2.06. The van der Waals surface area contributed by atoms with Crippen LogP contribution in [0.2, 0.25) is 0 Å². The maximum absolute atomic E-state index is 13.1. The molecule has 192 valence electrons. The second-order valence-electron chi connectivity index (χ2n) is 8.65. The van der Waals surface area contributed by atoms with Crippen molar-refractivity contribution in [2.45, 2.75) is 45.2 Å². The predicted molar refractivity (Wildman–Crippen MR) is 134 cm³/mol. The zero-order chi connectivity index (χ0) is 26.6. The number of ether oxygens (including phenoxy) is 1. The number of unbranched alkanes of at least 4 members (excludes halogenated alkanes) is 3. The number of hydrogen-bond donors (Lipinski definition) is 0. The van der Waals surface area contributed by atoms with Gasteiger partial charge in [-0.05, 0) is 47.7 Å². The number of nitrogens with zero attached hydrogens (tertiary/aromatic N) is 1. The molecular weight excluding hydrogens is 487 g/mol. The monoisotopic (exact) mass is 511 g/mol. The van der Waals surface area contributed by atoms with Gasteiger partial charge in [0.25, 0.3) is 0 Å². The van der Waals surface area contributed by atoms with Crippen molar-refractivity contribution >= 4 is 16.7 Å². The van der Waals surface area contributed by atoms with Crippen molar-refractivity contribution in [3.63, 3.8) is 0 Å². The molecule has 3 aromatic carbocycles. The number of nitro benzene ring substituents is 1. The second kappa shape index (κ2) is 10.9. The number of halogens is 3. The molecule has 6 nitrogen and oxygen atoms in total. The number of nitro groups is 1. The minimum absolute atomic E-state index is 0.181. The lowest BCUT2D eigenvalue weighted by atomic mass is 9.98. The Bertz CT molecular complexity index is 1480. The fourth-order valence-electron chi connectivity index (χ4n) is 4.16. The van der Waals surface area contributed by atoms with E-state index in [4.69, 9.17) is 9.15 Å². The number of alkyl halides is 3. The van der Waals surface area contributed by atoms with Crippen molar-refractivity contribution in [1.29, 1.82) is 0 Å². The number of benzene rings is 3. The molecule has 0 fully saturated rings. The first-order valence-corrected chi connectivity index (χ1v) is 11.9. The van der Waals surface area contributed by atoms with Gasteiger partial charge < -0.3 is 9.15 Å². The number of fused-ring (bicyclic) bond motifs is 1. The van der Waals surface area contributed by atoms with Crippen molar-refractivity contribution in [2.24, 2.45) is 0 Å². The average molecular weight is 511 g/mol. The maximum atomic E-state index is 13.1. The molecule has 1 aromatic heterocycles. The van der Waals surface area contributed by atoms with E-state index in [-0.39, 0.29) is 17.1 Å². The van der Waals surface area contributed by atoms with Crippen LogP contribution >= 0.6 is 0 Å². The van der Waals surface area contributed by atoms with E-state index in [0.29, 0.717) is 29.0 Å². The first-order chi connectivity index (χ1) is 17.7.